The van der Waals surface area contributed by atoms with Crippen molar-refractivity contribution in [3.8, 4) is 0 Å². The number of esters is 4. The maximum Gasteiger partial charge on any atom is 0.472 e. The van der Waals surface area contributed by atoms with E-state index in [0.29, 0.717) is 31.6 Å². The van der Waals surface area contributed by atoms with E-state index in [2.05, 4.69) is 72.8 Å². The molecule has 0 bridgehead atoms. The van der Waals surface area contributed by atoms with Crippen LogP contribution in [0.1, 0.15) is 402 Å². The van der Waals surface area contributed by atoms with Gasteiger partial charge in [-0.3, -0.25) is 37.3 Å². The Balaban J connectivity index is 5.24. The standard InChI is InChI=1S/C82H156O17P2/c1-8-9-10-11-12-13-14-15-20-24-31-36-43-51-58-65-81(86)98-77(69-92-79(84)63-56-49-42-35-30-27-26-29-34-40-47-54-61-74(4)5)71-96-100(88,89)94-67-76(83)68-95-101(90,91)97-72-78(70-93-80(85)64-57-50-45-38-41-48-55-62-75(6)7)99-82(87)66-59-52-44-37-32-25-22-19-17-16-18-21-23-28-33-39-46-53-60-73(2)3/h13-15,20,73-78,83H,8-12,16-19,21-72H2,1-7H3,(H,88,89)(H,90,91)/b14-13-,20-15-/t76?,77-,78-/m1/s1. The zero-order chi connectivity index (χ0) is 74.4. The van der Waals surface area contributed by atoms with Gasteiger partial charge in [0.15, 0.2) is 12.2 Å². The van der Waals surface area contributed by atoms with Gasteiger partial charge in [0.25, 0.3) is 0 Å². The molecule has 0 saturated carbocycles. The predicted octanol–water partition coefficient (Wildman–Crippen LogP) is 24.1. The molecule has 0 radical (unpaired) electrons. The van der Waals surface area contributed by atoms with E-state index < -0.39 is 97.5 Å². The van der Waals surface area contributed by atoms with Gasteiger partial charge < -0.3 is 33.8 Å². The van der Waals surface area contributed by atoms with Crippen LogP contribution in [-0.2, 0) is 65.4 Å². The molecule has 0 fully saturated rings. The van der Waals surface area contributed by atoms with E-state index >= 15 is 0 Å². The van der Waals surface area contributed by atoms with Crippen LogP contribution in [0.25, 0.3) is 0 Å². The number of carbonyl (C=O) groups is 4. The summed E-state index contributed by atoms with van der Waals surface area (Å²) in [6.07, 6.45) is 63.4. The molecular weight excluding hydrogens is 1320 g/mol. The Bertz CT molecular complexity index is 2050. The topological polar surface area (TPSA) is 237 Å². The molecule has 0 spiro atoms. The lowest BCUT2D eigenvalue weighted by Gasteiger charge is -2.21. The summed E-state index contributed by atoms with van der Waals surface area (Å²) in [5, 5.41) is 10.6. The van der Waals surface area contributed by atoms with Gasteiger partial charge in [-0.1, -0.05) is 349 Å². The van der Waals surface area contributed by atoms with Crippen molar-refractivity contribution in [2.45, 2.75) is 420 Å². The first-order valence-corrected chi connectivity index (χ1v) is 44.7. The van der Waals surface area contributed by atoms with Crippen LogP contribution in [0.3, 0.4) is 0 Å². The predicted molar refractivity (Wildman–Crippen MR) is 414 cm³/mol. The highest BCUT2D eigenvalue weighted by molar-refractivity contribution is 7.47. The van der Waals surface area contributed by atoms with E-state index in [1.165, 1.54) is 193 Å². The normalized spacial score (nSPS) is 14.1. The van der Waals surface area contributed by atoms with Gasteiger partial charge in [0.05, 0.1) is 26.4 Å². The van der Waals surface area contributed by atoms with Gasteiger partial charge in [-0.2, -0.15) is 0 Å². The van der Waals surface area contributed by atoms with E-state index in [4.69, 9.17) is 37.0 Å². The second-order valence-electron chi connectivity index (χ2n) is 30.3. The molecule has 101 heavy (non-hydrogen) atoms. The molecule has 0 aromatic rings. The SMILES string of the molecule is CCCCCC/C=C\C=C/CCCCCCCC(=O)O[C@H](COC(=O)CCCCCCCCCCCCCCC(C)C)COP(=O)(O)OCC(O)COP(=O)(O)OC[C@@H](COC(=O)CCCCCCCCCC(C)C)OC(=O)CCCCCCCCCCCCCCCCCCCCC(C)C. The van der Waals surface area contributed by atoms with Gasteiger partial charge in [-0.05, 0) is 69.1 Å². The molecule has 0 aliphatic heterocycles. The number of phosphoric acid groups is 2. The summed E-state index contributed by atoms with van der Waals surface area (Å²) < 4.78 is 68.7. The minimum atomic E-state index is -4.97. The van der Waals surface area contributed by atoms with E-state index in [0.717, 1.165) is 121 Å². The number of carbonyl (C=O) groups excluding carboxylic acids is 4. The first-order valence-electron chi connectivity index (χ1n) is 41.7. The highest BCUT2D eigenvalue weighted by Gasteiger charge is 2.30. The van der Waals surface area contributed by atoms with Crippen molar-refractivity contribution in [1.29, 1.82) is 0 Å². The smallest absolute Gasteiger partial charge is 0.462 e. The van der Waals surface area contributed by atoms with Crippen molar-refractivity contribution >= 4 is 39.5 Å². The van der Waals surface area contributed by atoms with Crippen molar-refractivity contribution in [3.05, 3.63) is 24.3 Å². The van der Waals surface area contributed by atoms with E-state index in [1.807, 2.05) is 0 Å². The van der Waals surface area contributed by atoms with Crippen LogP contribution >= 0.6 is 15.6 Å². The highest BCUT2D eigenvalue weighted by atomic mass is 31.2. The molecule has 0 aliphatic carbocycles. The number of rotatable bonds is 78. The summed E-state index contributed by atoms with van der Waals surface area (Å²) in [6, 6.07) is 0. The number of hydrogen-bond acceptors (Lipinski definition) is 15. The number of allylic oxidation sites excluding steroid dienone is 4. The molecule has 3 unspecified atom stereocenters. The fraction of sp³-hybridized carbons (Fsp3) is 0.902. The Morgan fingerprint density at radius 2 is 0.535 bits per heavy atom. The van der Waals surface area contributed by atoms with Gasteiger partial charge in [0.2, 0.25) is 0 Å². The fourth-order valence-corrected chi connectivity index (χ4v) is 13.7. The maximum absolute atomic E-state index is 13.1. The third-order valence-corrected chi connectivity index (χ3v) is 20.4. The summed E-state index contributed by atoms with van der Waals surface area (Å²) >= 11 is 0. The zero-order valence-electron chi connectivity index (χ0n) is 65.9. The molecule has 5 atom stereocenters. The largest absolute Gasteiger partial charge is 0.472 e. The Labute approximate surface area is 618 Å². The van der Waals surface area contributed by atoms with Crippen LogP contribution in [0.5, 0.6) is 0 Å². The molecule has 0 rings (SSSR count). The molecule has 0 aromatic carbocycles. The van der Waals surface area contributed by atoms with Crippen LogP contribution < -0.4 is 0 Å². The summed E-state index contributed by atoms with van der Waals surface area (Å²) in [6.45, 7) is 11.9. The molecule has 0 amide bonds. The lowest BCUT2D eigenvalue weighted by atomic mass is 10.0. The van der Waals surface area contributed by atoms with E-state index in [-0.39, 0.29) is 25.7 Å². The maximum atomic E-state index is 13.1. The Morgan fingerprint density at radius 3 is 0.802 bits per heavy atom. The number of phosphoric ester groups is 2. The van der Waals surface area contributed by atoms with Gasteiger partial charge >= 0.3 is 39.5 Å². The Kier molecular flexibility index (Phi) is 70.0. The third-order valence-electron chi connectivity index (χ3n) is 18.5. The number of hydrogen-bond donors (Lipinski definition) is 3. The van der Waals surface area contributed by atoms with Gasteiger partial charge in [-0.15, -0.1) is 0 Å². The van der Waals surface area contributed by atoms with Crippen molar-refractivity contribution in [2.75, 3.05) is 39.6 Å². The molecule has 0 aliphatic rings. The Hall–Kier alpha value is -2.46. The molecule has 0 saturated heterocycles. The van der Waals surface area contributed by atoms with Crippen molar-refractivity contribution in [3.63, 3.8) is 0 Å². The molecule has 596 valence electrons. The monoisotopic (exact) mass is 1480 g/mol. The molecule has 17 nitrogen and oxygen atoms in total. The lowest BCUT2D eigenvalue weighted by molar-refractivity contribution is -0.161. The summed E-state index contributed by atoms with van der Waals surface area (Å²) in [5.74, 6) is 0.160. The molecular formula is C82H156O17P2. The van der Waals surface area contributed by atoms with E-state index in [1.54, 1.807) is 0 Å². The van der Waals surface area contributed by atoms with Crippen molar-refractivity contribution in [1.82, 2.24) is 0 Å². The number of aliphatic hydroxyl groups is 1. The highest BCUT2D eigenvalue weighted by Crippen LogP contribution is 2.45. The van der Waals surface area contributed by atoms with Crippen LogP contribution in [-0.4, -0.2) is 96.7 Å². The number of ether oxygens (including phenoxy) is 4. The van der Waals surface area contributed by atoms with Crippen molar-refractivity contribution in [2.24, 2.45) is 17.8 Å². The fourth-order valence-electron chi connectivity index (χ4n) is 12.1. The first-order chi connectivity index (χ1) is 48.7. The molecule has 0 heterocycles. The second kappa shape index (κ2) is 71.8. The summed E-state index contributed by atoms with van der Waals surface area (Å²) in [4.78, 5) is 73.0. The van der Waals surface area contributed by atoms with Crippen LogP contribution in [0.2, 0.25) is 0 Å². The van der Waals surface area contributed by atoms with Crippen LogP contribution in [0.4, 0.5) is 0 Å². The average Bonchev–Trinajstić information content (AvgIpc) is 0.943. The van der Waals surface area contributed by atoms with E-state index in [9.17, 15) is 43.2 Å². The van der Waals surface area contributed by atoms with Crippen LogP contribution in [0.15, 0.2) is 24.3 Å². The second-order valence-corrected chi connectivity index (χ2v) is 33.2. The number of unbranched alkanes of at least 4 members (excludes halogenated alkanes) is 43. The van der Waals surface area contributed by atoms with Crippen molar-refractivity contribution < 1.29 is 80.2 Å². The van der Waals surface area contributed by atoms with Gasteiger partial charge in [-0.25, -0.2) is 9.13 Å². The minimum absolute atomic E-state index is 0.0849. The minimum Gasteiger partial charge on any atom is -0.462 e. The quantitative estimate of drug-likeness (QED) is 0.0169. The average molecular weight is 1480 g/mol. The molecule has 0 aromatic heterocycles. The zero-order valence-corrected chi connectivity index (χ0v) is 67.6. The molecule has 19 heteroatoms. The summed E-state index contributed by atoms with van der Waals surface area (Å²) in [7, 11) is -9.93. The lowest BCUT2D eigenvalue weighted by Crippen LogP contribution is -2.30. The Morgan fingerprint density at radius 1 is 0.307 bits per heavy atom. The third kappa shape index (κ3) is 75.6. The number of aliphatic hydroxyl groups excluding tert-OH is 1. The molecule has 3 N–H and O–H groups in total. The summed E-state index contributed by atoms with van der Waals surface area (Å²) in [5.41, 5.74) is 0. The van der Waals surface area contributed by atoms with Gasteiger partial charge in [0.1, 0.15) is 19.3 Å². The van der Waals surface area contributed by atoms with Crippen LogP contribution in [0, 0.1) is 17.8 Å². The van der Waals surface area contributed by atoms with Gasteiger partial charge in [0, 0.05) is 25.7 Å². The first kappa shape index (κ1) is 98.5.